The van der Waals surface area contributed by atoms with Crippen molar-refractivity contribution >= 4 is 15.7 Å². The highest BCUT2D eigenvalue weighted by atomic mass is 32.2. The van der Waals surface area contributed by atoms with Crippen molar-refractivity contribution in [2.24, 2.45) is 0 Å². The van der Waals surface area contributed by atoms with Crippen LogP contribution < -0.4 is 0 Å². The summed E-state index contributed by atoms with van der Waals surface area (Å²) in [6.07, 6.45) is 1.92. The molecule has 5 nitrogen and oxygen atoms in total. The van der Waals surface area contributed by atoms with Crippen molar-refractivity contribution in [3.63, 3.8) is 0 Å². The van der Waals surface area contributed by atoms with Crippen molar-refractivity contribution in [3.05, 3.63) is 29.8 Å². The van der Waals surface area contributed by atoms with Gasteiger partial charge in [0.05, 0.1) is 18.0 Å². The van der Waals surface area contributed by atoms with E-state index in [4.69, 9.17) is 4.84 Å². The van der Waals surface area contributed by atoms with E-state index < -0.39 is 9.84 Å². The molecule has 1 aliphatic heterocycles. The minimum Gasteiger partial charge on any atom is -0.271 e. The average Bonchev–Trinajstić information content (AvgIpc) is 2.80. The number of rotatable bonds is 2. The Morgan fingerprint density at radius 1 is 1.41 bits per heavy atom. The molecule has 0 unspecified atom stereocenters. The Labute approximate surface area is 99.9 Å². The highest BCUT2D eigenvalue weighted by molar-refractivity contribution is 7.90. The standard InChI is InChI=1S/C11H13NO4S/c1-17(14,15)10-5-2-4-9(8-10)11(13)12-6-3-7-16-12/h2,4-5,8H,3,6-7H2,1H3. The van der Waals surface area contributed by atoms with Gasteiger partial charge in [-0.2, -0.15) is 0 Å². The van der Waals surface area contributed by atoms with Gasteiger partial charge in [-0.25, -0.2) is 13.5 Å². The number of carbonyl (C=O) groups is 1. The van der Waals surface area contributed by atoms with E-state index >= 15 is 0 Å². The molecule has 0 saturated carbocycles. The molecule has 0 bridgehead atoms. The molecule has 1 amide bonds. The normalized spacial score (nSPS) is 16.2. The first-order valence-electron chi connectivity index (χ1n) is 5.23. The SMILES string of the molecule is CS(=O)(=O)c1cccc(C(=O)N2CCCO2)c1. The molecule has 1 aromatic carbocycles. The minimum atomic E-state index is -3.29. The van der Waals surface area contributed by atoms with E-state index in [1.54, 1.807) is 12.1 Å². The zero-order valence-electron chi connectivity index (χ0n) is 9.42. The zero-order valence-corrected chi connectivity index (χ0v) is 10.2. The lowest BCUT2D eigenvalue weighted by molar-refractivity contribution is -0.0768. The number of amides is 1. The van der Waals surface area contributed by atoms with Crippen LogP contribution in [0, 0.1) is 0 Å². The van der Waals surface area contributed by atoms with Crippen LogP contribution in [0.4, 0.5) is 0 Å². The molecule has 0 atom stereocenters. The second-order valence-electron chi connectivity index (χ2n) is 3.89. The molecular formula is C11H13NO4S. The minimum absolute atomic E-state index is 0.141. The van der Waals surface area contributed by atoms with E-state index in [9.17, 15) is 13.2 Å². The van der Waals surface area contributed by atoms with Gasteiger partial charge in [0.25, 0.3) is 5.91 Å². The molecular weight excluding hydrogens is 242 g/mol. The summed E-state index contributed by atoms with van der Waals surface area (Å²) in [6.45, 7) is 1.07. The van der Waals surface area contributed by atoms with Gasteiger partial charge in [0.2, 0.25) is 0 Å². The molecule has 1 fully saturated rings. The Hall–Kier alpha value is -1.40. The molecule has 0 aromatic heterocycles. The second kappa shape index (κ2) is 4.46. The van der Waals surface area contributed by atoms with Crippen LogP contribution in [0.2, 0.25) is 0 Å². The highest BCUT2D eigenvalue weighted by Gasteiger charge is 2.21. The Morgan fingerprint density at radius 2 is 2.18 bits per heavy atom. The van der Waals surface area contributed by atoms with Gasteiger partial charge in [-0.05, 0) is 24.6 Å². The molecule has 2 rings (SSSR count). The number of hydrogen-bond acceptors (Lipinski definition) is 4. The summed E-state index contributed by atoms with van der Waals surface area (Å²) in [5.41, 5.74) is 0.329. The third kappa shape index (κ3) is 2.65. The van der Waals surface area contributed by atoms with Crippen LogP contribution in [0.5, 0.6) is 0 Å². The first-order chi connectivity index (χ1) is 7.98. The van der Waals surface area contributed by atoms with Crippen molar-refractivity contribution < 1.29 is 18.0 Å². The first kappa shape index (κ1) is 12.1. The Morgan fingerprint density at radius 3 is 2.76 bits per heavy atom. The Kier molecular flexibility index (Phi) is 3.17. The first-order valence-corrected chi connectivity index (χ1v) is 7.12. The van der Waals surface area contributed by atoms with Crippen LogP contribution >= 0.6 is 0 Å². The van der Waals surface area contributed by atoms with E-state index in [0.29, 0.717) is 18.7 Å². The number of sulfone groups is 1. The fourth-order valence-electron chi connectivity index (χ4n) is 1.61. The molecule has 92 valence electrons. The summed E-state index contributed by atoms with van der Waals surface area (Å²) in [7, 11) is -3.29. The van der Waals surface area contributed by atoms with E-state index in [1.807, 2.05) is 0 Å². The van der Waals surface area contributed by atoms with E-state index in [-0.39, 0.29) is 10.8 Å². The lowest BCUT2D eigenvalue weighted by Gasteiger charge is -2.13. The number of carbonyl (C=O) groups excluding carboxylic acids is 1. The van der Waals surface area contributed by atoms with Gasteiger partial charge in [-0.3, -0.25) is 9.63 Å². The summed E-state index contributed by atoms with van der Waals surface area (Å²) >= 11 is 0. The van der Waals surface area contributed by atoms with Crippen molar-refractivity contribution in [1.29, 1.82) is 0 Å². The van der Waals surface area contributed by atoms with Gasteiger partial charge in [0.15, 0.2) is 9.84 Å². The maximum Gasteiger partial charge on any atom is 0.277 e. The largest absolute Gasteiger partial charge is 0.277 e. The van der Waals surface area contributed by atoms with E-state index in [2.05, 4.69) is 0 Å². The van der Waals surface area contributed by atoms with Crippen LogP contribution in [-0.2, 0) is 14.7 Å². The predicted octanol–water partition coefficient (Wildman–Crippen LogP) is 0.868. The molecule has 0 spiro atoms. The van der Waals surface area contributed by atoms with Crippen molar-refractivity contribution in [3.8, 4) is 0 Å². The number of nitrogens with zero attached hydrogens (tertiary/aromatic N) is 1. The molecule has 1 aromatic rings. The summed E-state index contributed by atoms with van der Waals surface area (Å²) in [4.78, 5) is 17.2. The van der Waals surface area contributed by atoms with Crippen LogP contribution in [0.3, 0.4) is 0 Å². The number of hydroxylamine groups is 2. The summed E-state index contributed by atoms with van der Waals surface area (Å²) in [5.74, 6) is -0.298. The Bertz CT molecular complexity index is 532. The van der Waals surface area contributed by atoms with Crippen molar-refractivity contribution in [1.82, 2.24) is 5.06 Å². The zero-order chi connectivity index (χ0) is 12.5. The van der Waals surface area contributed by atoms with Crippen LogP contribution in [0.1, 0.15) is 16.8 Å². The Balaban J connectivity index is 2.30. The van der Waals surface area contributed by atoms with Crippen molar-refractivity contribution in [2.45, 2.75) is 11.3 Å². The quantitative estimate of drug-likeness (QED) is 0.786. The second-order valence-corrected chi connectivity index (χ2v) is 5.91. The third-order valence-corrected chi connectivity index (χ3v) is 3.60. The predicted molar refractivity (Wildman–Crippen MR) is 61.2 cm³/mol. The van der Waals surface area contributed by atoms with Gasteiger partial charge in [0.1, 0.15) is 0 Å². The maximum atomic E-state index is 11.9. The average molecular weight is 255 g/mol. The van der Waals surface area contributed by atoms with Gasteiger partial charge >= 0.3 is 0 Å². The lowest BCUT2D eigenvalue weighted by atomic mass is 10.2. The lowest BCUT2D eigenvalue weighted by Crippen LogP contribution is -2.26. The highest BCUT2D eigenvalue weighted by Crippen LogP contribution is 2.15. The molecule has 17 heavy (non-hydrogen) atoms. The van der Waals surface area contributed by atoms with Crippen LogP contribution in [-0.4, -0.2) is 38.8 Å². The summed E-state index contributed by atoms with van der Waals surface area (Å²) in [6, 6.07) is 5.98. The fourth-order valence-corrected chi connectivity index (χ4v) is 2.28. The van der Waals surface area contributed by atoms with Gasteiger partial charge in [-0.1, -0.05) is 6.07 Å². The monoisotopic (exact) mass is 255 g/mol. The smallest absolute Gasteiger partial charge is 0.271 e. The molecule has 0 aliphatic carbocycles. The van der Waals surface area contributed by atoms with Gasteiger partial charge in [-0.15, -0.1) is 0 Å². The molecule has 1 saturated heterocycles. The van der Waals surface area contributed by atoms with Crippen molar-refractivity contribution in [2.75, 3.05) is 19.4 Å². The molecule has 1 aliphatic rings. The topological polar surface area (TPSA) is 63.7 Å². The van der Waals surface area contributed by atoms with Crippen LogP contribution in [0.25, 0.3) is 0 Å². The molecule has 1 heterocycles. The maximum absolute atomic E-state index is 11.9. The molecule has 6 heteroatoms. The number of benzene rings is 1. The number of hydrogen-bond donors (Lipinski definition) is 0. The van der Waals surface area contributed by atoms with E-state index in [0.717, 1.165) is 12.7 Å². The van der Waals surface area contributed by atoms with Gasteiger partial charge < -0.3 is 0 Å². The summed E-state index contributed by atoms with van der Waals surface area (Å²) in [5, 5.41) is 1.27. The fraction of sp³-hybridized carbons (Fsp3) is 0.364. The van der Waals surface area contributed by atoms with Crippen LogP contribution in [0.15, 0.2) is 29.2 Å². The van der Waals surface area contributed by atoms with Gasteiger partial charge in [0, 0.05) is 11.8 Å². The summed E-state index contributed by atoms with van der Waals surface area (Å²) < 4.78 is 22.7. The molecule has 0 radical (unpaired) electrons. The molecule has 0 N–H and O–H groups in total. The van der Waals surface area contributed by atoms with E-state index in [1.165, 1.54) is 17.2 Å². The third-order valence-electron chi connectivity index (χ3n) is 2.49.